The molecule has 0 spiro atoms. The molecular formula is C21H17ClN4O6S2. The van der Waals surface area contributed by atoms with Gasteiger partial charge in [0, 0.05) is 18.2 Å². The Bertz CT molecular complexity index is 1660. The van der Waals surface area contributed by atoms with Crippen molar-refractivity contribution < 1.29 is 17.9 Å². The molecule has 13 heteroatoms. The van der Waals surface area contributed by atoms with Crippen molar-refractivity contribution in [2.45, 2.75) is 17.6 Å². The maximum Gasteiger partial charge on any atom is 0.335 e. The van der Waals surface area contributed by atoms with Gasteiger partial charge in [0.15, 0.2) is 15.6 Å². The number of rotatable bonds is 7. The second-order valence-electron chi connectivity index (χ2n) is 7.36. The molecule has 0 fully saturated rings. The number of carbonyl (C=O) groups is 1. The zero-order valence-electron chi connectivity index (χ0n) is 17.9. The van der Waals surface area contributed by atoms with E-state index in [1.807, 2.05) is 6.92 Å². The number of ketones is 1. The van der Waals surface area contributed by atoms with Crippen LogP contribution in [0.2, 0.25) is 4.34 Å². The van der Waals surface area contributed by atoms with Crippen molar-refractivity contribution in [2.75, 3.05) is 12.9 Å². The molecule has 3 aromatic heterocycles. The molecule has 1 aromatic carbocycles. The van der Waals surface area contributed by atoms with Gasteiger partial charge in [-0.3, -0.25) is 9.59 Å². The van der Waals surface area contributed by atoms with Gasteiger partial charge in [-0.1, -0.05) is 17.7 Å². The lowest BCUT2D eigenvalue weighted by Gasteiger charge is -2.10. The monoisotopic (exact) mass is 520 g/mol. The predicted molar refractivity (Wildman–Crippen MR) is 127 cm³/mol. The number of hydrogen-bond donors (Lipinski definition) is 1. The number of halogens is 1. The maximum atomic E-state index is 12.9. The number of aromatic amines is 1. The second-order valence-corrected chi connectivity index (χ2v) is 11.3. The molecule has 34 heavy (non-hydrogen) atoms. The van der Waals surface area contributed by atoms with E-state index in [9.17, 15) is 22.8 Å². The number of ether oxygens (including phenoxy) is 1. The van der Waals surface area contributed by atoms with E-state index in [1.165, 1.54) is 25.4 Å². The Labute approximate surface area is 201 Å². The highest BCUT2D eigenvalue weighted by Crippen LogP contribution is 2.27. The number of methoxy groups -OCH3 is 1. The van der Waals surface area contributed by atoms with Crippen LogP contribution in [0.25, 0.3) is 16.9 Å². The zero-order valence-corrected chi connectivity index (χ0v) is 20.3. The van der Waals surface area contributed by atoms with Crippen LogP contribution in [0, 0.1) is 6.92 Å². The Hall–Kier alpha value is -3.35. The molecule has 0 atom stereocenters. The summed E-state index contributed by atoms with van der Waals surface area (Å²) in [4.78, 5) is 48.8. The first-order valence-electron chi connectivity index (χ1n) is 9.75. The van der Waals surface area contributed by atoms with E-state index in [0.717, 1.165) is 21.5 Å². The fourth-order valence-corrected chi connectivity index (χ4v) is 6.12. The van der Waals surface area contributed by atoms with Crippen LogP contribution in [-0.4, -0.2) is 46.6 Å². The number of nitrogens with one attached hydrogen (secondary N) is 1. The molecular weight excluding hydrogens is 504 g/mol. The highest BCUT2D eigenvalue weighted by molar-refractivity contribution is 7.94. The molecule has 3 heterocycles. The quantitative estimate of drug-likeness (QED) is 0.390. The molecule has 0 bridgehead atoms. The minimum Gasteiger partial charge on any atom is -0.481 e. The standard InChI is InChI=1S/C21H17ClN4O6S2/c1-11-3-4-14-15(7-11)24-21(29)26(19(14)28)20-23-9-12(18(25-20)32-2)8-13(27)10-34(30,31)17-6-5-16(22)33-17/h3-7,9H,8,10H2,1-2H3,(H,24,29). The lowest BCUT2D eigenvalue weighted by Crippen LogP contribution is -2.35. The Morgan fingerprint density at radius 3 is 2.68 bits per heavy atom. The molecule has 0 saturated carbocycles. The van der Waals surface area contributed by atoms with E-state index >= 15 is 0 Å². The van der Waals surface area contributed by atoms with Gasteiger partial charge < -0.3 is 9.72 Å². The first kappa shape index (κ1) is 23.8. The maximum absolute atomic E-state index is 12.9. The average molecular weight is 521 g/mol. The van der Waals surface area contributed by atoms with E-state index in [-0.39, 0.29) is 33.4 Å². The summed E-state index contributed by atoms with van der Waals surface area (Å²) in [5.74, 6) is -1.67. The fourth-order valence-electron chi connectivity index (χ4n) is 3.31. The number of nitrogens with zero attached hydrogens (tertiary/aromatic N) is 3. The summed E-state index contributed by atoms with van der Waals surface area (Å²) in [6.45, 7) is 1.83. The summed E-state index contributed by atoms with van der Waals surface area (Å²) in [6, 6.07) is 7.79. The van der Waals surface area contributed by atoms with Crippen LogP contribution < -0.4 is 16.0 Å². The highest BCUT2D eigenvalue weighted by Gasteiger charge is 2.23. The number of H-pyrrole nitrogens is 1. The Balaban J connectivity index is 1.65. The second kappa shape index (κ2) is 9.12. The number of carbonyl (C=O) groups excluding carboxylic acids is 1. The van der Waals surface area contributed by atoms with Gasteiger partial charge in [-0.05, 0) is 36.8 Å². The number of hydrogen-bond acceptors (Lipinski definition) is 9. The molecule has 0 aliphatic rings. The summed E-state index contributed by atoms with van der Waals surface area (Å²) in [7, 11) is -2.56. The van der Waals surface area contributed by atoms with Crippen molar-refractivity contribution in [1.29, 1.82) is 0 Å². The molecule has 0 saturated heterocycles. The number of Topliss-reactive ketones (excluding diaryl/α,β-unsaturated/α-hetero) is 1. The third kappa shape index (κ3) is 4.65. The number of fused-ring (bicyclic) bond motifs is 1. The van der Waals surface area contributed by atoms with Crippen molar-refractivity contribution in [1.82, 2.24) is 19.5 Å². The van der Waals surface area contributed by atoms with Crippen LogP contribution in [-0.2, 0) is 21.1 Å². The summed E-state index contributed by atoms with van der Waals surface area (Å²) >= 11 is 6.65. The number of thiophene rings is 1. The van der Waals surface area contributed by atoms with Gasteiger partial charge in [-0.15, -0.1) is 11.3 Å². The molecule has 0 aliphatic heterocycles. The number of aryl methyl sites for hydroxylation is 1. The highest BCUT2D eigenvalue weighted by atomic mass is 35.5. The summed E-state index contributed by atoms with van der Waals surface area (Å²) in [6.07, 6.45) is 0.892. The summed E-state index contributed by atoms with van der Waals surface area (Å²) in [5.41, 5.74) is 0.0988. The van der Waals surface area contributed by atoms with Crippen molar-refractivity contribution in [3.8, 4) is 11.8 Å². The van der Waals surface area contributed by atoms with E-state index in [4.69, 9.17) is 16.3 Å². The molecule has 4 rings (SSSR count). The van der Waals surface area contributed by atoms with Crippen molar-refractivity contribution in [3.63, 3.8) is 0 Å². The first-order chi connectivity index (χ1) is 16.1. The van der Waals surface area contributed by atoms with E-state index in [1.54, 1.807) is 18.2 Å². The average Bonchev–Trinajstić information content (AvgIpc) is 3.21. The molecule has 0 aliphatic carbocycles. The van der Waals surface area contributed by atoms with E-state index in [0.29, 0.717) is 9.85 Å². The molecule has 176 valence electrons. The largest absolute Gasteiger partial charge is 0.481 e. The van der Waals surface area contributed by atoms with E-state index < -0.39 is 32.6 Å². The van der Waals surface area contributed by atoms with Crippen molar-refractivity contribution >= 4 is 49.5 Å². The van der Waals surface area contributed by atoms with Crippen LogP contribution in [0.1, 0.15) is 11.1 Å². The van der Waals surface area contributed by atoms with Crippen LogP contribution in [0.5, 0.6) is 5.88 Å². The summed E-state index contributed by atoms with van der Waals surface area (Å²) < 4.78 is 31.1. The lowest BCUT2D eigenvalue weighted by molar-refractivity contribution is -0.116. The number of benzene rings is 1. The van der Waals surface area contributed by atoms with E-state index in [2.05, 4.69) is 15.0 Å². The zero-order chi connectivity index (χ0) is 24.6. The first-order valence-corrected chi connectivity index (χ1v) is 12.6. The lowest BCUT2D eigenvalue weighted by atomic mass is 10.2. The van der Waals surface area contributed by atoms with Crippen molar-refractivity contribution in [2.24, 2.45) is 0 Å². The number of aromatic nitrogens is 4. The molecule has 10 nitrogen and oxygen atoms in total. The normalized spacial score (nSPS) is 11.6. The molecule has 0 amide bonds. The van der Waals surface area contributed by atoms with Gasteiger partial charge >= 0.3 is 5.69 Å². The SMILES string of the molecule is COc1nc(-n2c(=O)[nH]c3cc(C)ccc3c2=O)ncc1CC(=O)CS(=O)(=O)c1ccc(Cl)s1. The summed E-state index contributed by atoms with van der Waals surface area (Å²) in [5, 5.41) is 0.269. The minimum absolute atomic E-state index is 0.00508. The molecule has 0 radical (unpaired) electrons. The Morgan fingerprint density at radius 1 is 1.24 bits per heavy atom. The van der Waals surface area contributed by atoms with Gasteiger partial charge in [0.25, 0.3) is 5.56 Å². The van der Waals surface area contributed by atoms with Gasteiger partial charge in [-0.2, -0.15) is 9.55 Å². The minimum atomic E-state index is -3.85. The van der Waals surface area contributed by atoms with Crippen LogP contribution in [0.3, 0.4) is 0 Å². The van der Waals surface area contributed by atoms with Crippen LogP contribution in [0.15, 0.2) is 50.3 Å². The van der Waals surface area contributed by atoms with Crippen LogP contribution >= 0.6 is 22.9 Å². The van der Waals surface area contributed by atoms with Gasteiger partial charge in [0.05, 0.1) is 22.3 Å². The third-order valence-corrected chi connectivity index (χ3v) is 8.34. The van der Waals surface area contributed by atoms with Gasteiger partial charge in [0.1, 0.15) is 9.96 Å². The predicted octanol–water partition coefficient (Wildman–Crippen LogP) is 2.09. The topological polar surface area (TPSA) is 141 Å². The molecule has 4 aromatic rings. The van der Waals surface area contributed by atoms with Gasteiger partial charge in [0.2, 0.25) is 11.8 Å². The smallest absolute Gasteiger partial charge is 0.335 e. The van der Waals surface area contributed by atoms with Crippen molar-refractivity contribution in [3.05, 3.63) is 72.8 Å². The number of sulfone groups is 1. The third-order valence-electron chi connectivity index (χ3n) is 4.85. The molecule has 1 N–H and O–H groups in total. The Kier molecular flexibility index (Phi) is 6.39. The fraction of sp³-hybridized carbons (Fsp3) is 0.190. The van der Waals surface area contributed by atoms with Crippen LogP contribution in [0.4, 0.5) is 0 Å². The molecule has 0 unspecified atom stereocenters. The van der Waals surface area contributed by atoms with Gasteiger partial charge in [-0.25, -0.2) is 18.2 Å². The Morgan fingerprint density at radius 2 is 2.00 bits per heavy atom.